The minimum atomic E-state index is -0.521. The van der Waals surface area contributed by atoms with Crippen LogP contribution in [0.2, 0.25) is 0 Å². The van der Waals surface area contributed by atoms with Crippen molar-refractivity contribution in [2.45, 2.75) is 13.3 Å². The number of hydrogen-bond acceptors (Lipinski definition) is 5. The molecule has 6 heteroatoms. The fraction of sp³-hybridized carbons (Fsp3) is 0.133. The van der Waals surface area contributed by atoms with Crippen molar-refractivity contribution in [2.75, 3.05) is 0 Å². The Labute approximate surface area is 120 Å². The van der Waals surface area contributed by atoms with E-state index in [4.69, 9.17) is 4.74 Å². The molecule has 2 aromatic heterocycles. The number of phenolic OH excluding ortho intramolecular Hbond substituents is 1. The van der Waals surface area contributed by atoms with Crippen LogP contribution in [-0.4, -0.2) is 26.3 Å². The van der Waals surface area contributed by atoms with Crippen molar-refractivity contribution in [3.63, 3.8) is 0 Å². The number of benzene rings is 1. The average Bonchev–Trinajstić information content (AvgIpc) is 2.95. The highest BCUT2D eigenvalue weighted by Crippen LogP contribution is 2.25. The van der Waals surface area contributed by atoms with Gasteiger partial charge in [-0.25, -0.2) is 9.78 Å². The van der Waals surface area contributed by atoms with Crippen LogP contribution in [-0.2, 0) is 6.42 Å². The summed E-state index contributed by atoms with van der Waals surface area (Å²) in [5, 5.41) is 16.9. The lowest BCUT2D eigenvalue weighted by atomic mass is 10.1. The van der Waals surface area contributed by atoms with Crippen molar-refractivity contribution in [2.24, 2.45) is 0 Å². The molecule has 0 radical (unpaired) electrons. The van der Waals surface area contributed by atoms with Crippen molar-refractivity contribution in [1.29, 1.82) is 0 Å². The molecule has 0 spiro atoms. The number of carbonyl (C=O) groups excluding carboxylic acids is 1. The molecule has 1 aromatic carbocycles. The molecule has 0 unspecified atom stereocenters. The van der Waals surface area contributed by atoms with Crippen molar-refractivity contribution < 1.29 is 14.6 Å². The van der Waals surface area contributed by atoms with Crippen molar-refractivity contribution in [1.82, 2.24) is 15.2 Å². The maximum atomic E-state index is 12.2. The van der Waals surface area contributed by atoms with Gasteiger partial charge in [0, 0.05) is 12.3 Å². The Bertz CT molecular complexity index is 811. The highest BCUT2D eigenvalue weighted by Gasteiger charge is 2.14. The van der Waals surface area contributed by atoms with Crippen LogP contribution in [0, 0.1) is 0 Å². The molecule has 0 saturated heterocycles. The second-order valence-corrected chi connectivity index (χ2v) is 4.52. The van der Waals surface area contributed by atoms with Gasteiger partial charge in [0.2, 0.25) is 0 Å². The van der Waals surface area contributed by atoms with Gasteiger partial charge in [-0.15, -0.1) is 0 Å². The van der Waals surface area contributed by atoms with Crippen molar-refractivity contribution in [3.05, 3.63) is 47.8 Å². The molecule has 106 valence electrons. The van der Waals surface area contributed by atoms with Crippen molar-refractivity contribution in [3.8, 4) is 11.5 Å². The third-order valence-electron chi connectivity index (χ3n) is 3.22. The van der Waals surface area contributed by atoms with Crippen LogP contribution in [0.1, 0.15) is 22.8 Å². The molecule has 0 aliphatic heterocycles. The van der Waals surface area contributed by atoms with E-state index in [2.05, 4.69) is 15.2 Å². The first-order chi connectivity index (χ1) is 10.2. The molecule has 3 aromatic rings. The summed E-state index contributed by atoms with van der Waals surface area (Å²) >= 11 is 0. The second-order valence-electron chi connectivity index (χ2n) is 4.52. The Morgan fingerprint density at radius 1 is 1.38 bits per heavy atom. The van der Waals surface area contributed by atoms with Crippen LogP contribution in [0.25, 0.3) is 11.0 Å². The SMILES string of the molecule is CCc1ccc(OC(=O)c2ccnc3[nH]ncc23)cc1O. The van der Waals surface area contributed by atoms with Gasteiger partial charge in [0.25, 0.3) is 0 Å². The van der Waals surface area contributed by atoms with E-state index in [-0.39, 0.29) is 5.75 Å². The summed E-state index contributed by atoms with van der Waals surface area (Å²) in [4.78, 5) is 16.3. The summed E-state index contributed by atoms with van der Waals surface area (Å²) < 4.78 is 5.29. The maximum Gasteiger partial charge on any atom is 0.344 e. The number of rotatable bonds is 3. The predicted octanol–water partition coefficient (Wildman–Crippen LogP) is 2.45. The van der Waals surface area contributed by atoms with Crippen LogP contribution in [0.3, 0.4) is 0 Å². The highest BCUT2D eigenvalue weighted by atomic mass is 16.5. The largest absolute Gasteiger partial charge is 0.508 e. The zero-order valence-electron chi connectivity index (χ0n) is 11.3. The number of pyridine rings is 1. The summed E-state index contributed by atoms with van der Waals surface area (Å²) in [5.74, 6) is -0.110. The summed E-state index contributed by atoms with van der Waals surface area (Å²) in [6.07, 6.45) is 3.74. The van der Waals surface area contributed by atoms with Gasteiger partial charge >= 0.3 is 5.97 Å². The number of aromatic nitrogens is 3. The number of nitrogens with one attached hydrogen (secondary N) is 1. The quantitative estimate of drug-likeness (QED) is 0.569. The zero-order valence-corrected chi connectivity index (χ0v) is 11.3. The Kier molecular flexibility index (Phi) is 3.27. The Balaban J connectivity index is 1.89. The van der Waals surface area contributed by atoms with Gasteiger partial charge in [0.05, 0.1) is 17.1 Å². The molecule has 0 fully saturated rings. The number of aromatic amines is 1. The minimum absolute atomic E-state index is 0.117. The van der Waals surface area contributed by atoms with E-state index in [9.17, 15) is 9.90 Å². The normalized spacial score (nSPS) is 10.7. The molecule has 0 amide bonds. The van der Waals surface area contributed by atoms with Crippen LogP contribution in [0.4, 0.5) is 0 Å². The summed E-state index contributed by atoms with van der Waals surface area (Å²) in [6.45, 7) is 1.94. The second kappa shape index (κ2) is 5.24. The molecule has 3 rings (SSSR count). The molecule has 0 bridgehead atoms. The van der Waals surface area contributed by atoms with Crippen LogP contribution in [0.5, 0.6) is 11.5 Å². The van der Waals surface area contributed by atoms with E-state index in [0.717, 1.165) is 5.56 Å². The number of fused-ring (bicyclic) bond motifs is 1. The smallest absolute Gasteiger partial charge is 0.344 e. The molecule has 0 atom stereocenters. The van der Waals surface area contributed by atoms with Gasteiger partial charge in [0.15, 0.2) is 5.65 Å². The number of nitrogens with zero attached hydrogens (tertiary/aromatic N) is 2. The molecular formula is C15H13N3O3. The Morgan fingerprint density at radius 3 is 3.00 bits per heavy atom. The monoisotopic (exact) mass is 283 g/mol. The first kappa shape index (κ1) is 13.1. The number of hydrogen-bond donors (Lipinski definition) is 2. The third-order valence-corrected chi connectivity index (χ3v) is 3.22. The molecule has 0 saturated carbocycles. The number of phenols is 1. The van der Waals surface area contributed by atoms with Gasteiger partial charge in [-0.1, -0.05) is 13.0 Å². The lowest BCUT2D eigenvalue weighted by molar-refractivity contribution is 0.0736. The van der Waals surface area contributed by atoms with Crippen LogP contribution in [0.15, 0.2) is 36.7 Å². The molecule has 0 aliphatic rings. The molecule has 6 nitrogen and oxygen atoms in total. The van der Waals surface area contributed by atoms with E-state index in [1.165, 1.54) is 18.5 Å². The molecular weight excluding hydrogens is 270 g/mol. The first-order valence-corrected chi connectivity index (χ1v) is 6.51. The molecule has 21 heavy (non-hydrogen) atoms. The van der Waals surface area contributed by atoms with Crippen LogP contribution < -0.4 is 4.74 Å². The number of carbonyl (C=O) groups is 1. The van der Waals surface area contributed by atoms with Gasteiger partial charge in [-0.05, 0) is 24.1 Å². The number of aromatic hydroxyl groups is 1. The minimum Gasteiger partial charge on any atom is -0.508 e. The molecule has 2 heterocycles. The van der Waals surface area contributed by atoms with Gasteiger partial charge in [-0.3, -0.25) is 5.10 Å². The Morgan fingerprint density at radius 2 is 2.24 bits per heavy atom. The average molecular weight is 283 g/mol. The van der Waals surface area contributed by atoms with E-state index < -0.39 is 5.97 Å². The first-order valence-electron chi connectivity index (χ1n) is 6.51. The Hall–Kier alpha value is -2.89. The number of esters is 1. The fourth-order valence-corrected chi connectivity index (χ4v) is 2.10. The number of aryl methyl sites for hydroxylation is 1. The summed E-state index contributed by atoms with van der Waals surface area (Å²) in [5.41, 5.74) is 1.69. The number of H-pyrrole nitrogens is 1. The lowest BCUT2D eigenvalue weighted by Gasteiger charge is -2.07. The van der Waals surface area contributed by atoms with Gasteiger partial charge in [-0.2, -0.15) is 5.10 Å². The van der Waals surface area contributed by atoms with E-state index in [1.807, 2.05) is 6.92 Å². The van der Waals surface area contributed by atoms with E-state index in [1.54, 1.807) is 18.2 Å². The van der Waals surface area contributed by atoms with Gasteiger partial charge < -0.3 is 9.84 Å². The van der Waals surface area contributed by atoms with Crippen LogP contribution >= 0.6 is 0 Å². The lowest BCUT2D eigenvalue weighted by Crippen LogP contribution is -2.09. The maximum absolute atomic E-state index is 12.2. The topological polar surface area (TPSA) is 88.1 Å². The number of ether oxygens (including phenoxy) is 1. The van der Waals surface area contributed by atoms with Crippen molar-refractivity contribution >= 4 is 17.0 Å². The van der Waals surface area contributed by atoms with Gasteiger partial charge in [0.1, 0.15) is 11.5 Å². The third kappa shape index (κ3) is 2.43. The highest BCUT2D eigenvalue weighted by molar-refractivity contribution is 6.03. The molecule has 2 N–H and O–H groups in total. The predicted molar refractivity (Wildman–Crippen MR) is 76.3 cm³/mol. The summed E-state index contributed by atoms with van der Waals surface area (Å²) in [6, 6.07) is 6.40. The van der Waals surface area contributed by atoms with E-state index >= 15 is 0 Å². The molecule has 0 aliphatic carbocycles. The standard InChI is InChI=1S/C15H13N3O3/c1-2-9-3-4-10(7-13(9)19)21-15(20)11-5-6-16-14-12(11)8-17-18-14/h3-8,19H,2H2,1H3,(H,16,17,18). The van der Waals surface area contributed by atoms with E-state index in [0.29, 0.717) is 28.8 Å². The zero-order chi connectivity index (χ0) is 14.8. The summed E-state index contributed by atoms with van der Waals surface area (Å²) in [7, 11) is 0. The fourth-order valence-electron chi connectivity index (χ4n) is 2.10.